The molecule has 3 rings (SSSR count). The van der Waals surface area contributed by atoms with Gasteiger partial charge in [0.2, 0.25) is 5.91 Å². The molecule has 1 aromatic heterocycles. The average Bonchev–Trinajstić information content (AvgIpc) is 2.98. The fourth-order valence-corrected chi connectivity index (χ4v) is 5.81. The molecule has 0 fully saturated rings. The number of benzene rings is 1. The molecule has 1 amide bonds. The molecule has 1 heterocycles. The molecule has 0 aliphatic heterocycles. The number of hydrogen-bond acceptors (Lipinski definition) is 5. The van der Waals surface area contributed by atoms with Gasteiger partial charge in [0.05, 0.1) is 16.2 Å². The van der Waals surface area contributed by atoms with Crippen molar-refractivity contribution in [3.05, 3.63) is 45.8 Å². The second-order valence-corrected chi connectivity index (χ2v) is 10.0. The molecule has 1 aliphatic rings. The summed E-state index contributed by atoms with van der Waals surface area (Å²) in [6.45, 7) is 1.90. The van der Waals surface area contributed by atoms with Crippen LogP contribution in [-0.4, -0.2) is 20.1 Å². The Morgan fingerprint density at radius 3 is 2.63 bits per heavy atom. The Hall–Kier alpha value is -2.17. The monoisotopic (exact) mass is 402 g/mol. The molecule has 1 N–H and O–H groups in total. The van der Waals surface area contributed by atoms with Crippen molar-refractivity contribution in [2.24, 2.45) is 0 Å². The van der Waals surface area contributed by atoms with Gasteiger partial charge < -0.3 is 5.32 Å². The lowest BCUT2D eigenvalue weighted by Gasteiger charge is -2.09. The highest BCUT2D eigenvalue weighted by Gasteiger charge is 2.22. The standard InChI is InChI=1S/C20H22N2O3S2/c1-14-8-10-15(11-9-14)27(24,25)12-4-7-19(23)22-20-17(13-21)16-5-2-3-6-18(16)26-20/h8-11H,2-7,12H2,1H3,(H,22,23). The number of amides is 1. The first kappa shape index (κ1) is 19.6. The summed E-state index contributed by atoms with van der Waals surface area (Å²) in [5.74, 6) is -0.320. The number of fused-ring (bicyclic) bond motifs is 1. The molecule has 7 heteroatoms. The van der Waals surface area contributed by atoms with Gasteiger partial charge in [-0.3, -0.25) is 4.79 Å². The fraction of sp³-hybridized carbons (Fsp3) is 0.400. The minimum absolute atomic E-state index is 0.0739. The Kier molecular flexibility index (Phi) is 5.98. The van der Waals surface area contributed by atoms with Crippen LogP contribution in [0.2, 0.25) is 0 Å². The number of hydrogen-bond donors (Lipinski definition) is 1. The van der Waals surface area contributed by atoms with E-state index >= 15 is 0 Å². The molecule has 5 nitrogen and oxygen atoms in total. The van der Waals surface area contributed by atoms with Gasteiger partial charge in [-0.15, -0.1) is 11.3 Å². The van der Waals surface area contributed by atoms with Gasteiger partial charge in [-0.05, 0) is 56.7 Å². The third-order valence-electron chi connectivity index (χ3n) is 4.73. The van der Waals surface area contributed by atoms with Gasteiger partial charge in [0.15, 0.2) is 9.84 Å². The van der Waals surface area contributed by atoms with Crippen molar-refractivity contribution in [1.82, 2.24) is 0 Å². The fourth-order valence-electron chi connectivity index (χ4n) is 3.25. The van der Waals surface area contributed by atoms with E-state index in [2.05, 4.69) is 11.4 Å². The zero-order valence-corrected chi connectivity index (χ0v) is 16.9. The molecule has 0 radical (unpaired) electrons. The lowest BCUT2D eigenvalue weighted by molar-refractivity contribution is -0.116. The van der Waals surface area contributed by atoms with Gasteiger partial charge >= 0.3 is 0 Å². The topological polar surface area (TPSA) is 87.0 Å². The summed E-state index contributed by atoms with van der Waals surface area (Å²) in [4.78, 5) is 13.7. The van der Waals surface area contributed by atoms with Crippen LogP contribution in [0.15, 0.2) is 29.2 Å². The Balaban J connectivity index is 1.58. The van der Waals surface area contributed by atoms with Crippen LogP contribution in [0.5, 0.6) is 0 Å². The molecule has 2 aromatic rings. The largest absolute Gasteiger partial charge is 0.317 e. The van der Waals surface area contributed by atoms with Crippen LogP contribution >= 0.6 is 11.3 Å². The zero-order chi connectivity index (χ0) is 19.4. The van der Waals surface area contributed by atoms with E-state index in [0.29, 0.717) is 10.6 Å². The second-order valence-electron chi connectivity index (χ2n) is 6.81. The molecule has 0 atom stereocenters. The predicted octanol–water partition coefficient (Wildman–Crippen LogP) is 4.00. The summed E-state index contributed by atoms with van der Waals surface area (Å²) >= 11 is 1.48. The minimum Gasteiger partial charge on any atom is -0.317 e. The maximum atomic E-state index is 12.3. The first-order valence-corrected chi connectivity index (χ1v) is 11.5. The average molecular weight is 403 g/mol. The molecule has 0 unspecified atom stereocenters. The summed E-state index contributed by atoms with van der Waals surface area (Å²) in [5, 5.41) is 12.9. The van der Waals surface area contributed by atoms with Crippen molar-refractivity contribution >= 4 is 32.1 Å². The second kappa shape index (κ2) is 8.24. The summed E-state index contributed by atoms with van der Waals surface area (Å²) < 4.78 is 24.7. The van der Waals surface area contributed by atoms with Gasteiger partial charge in [0, 0.05) is 11.3 Å². The molecule has 1 aromatic carbocycles. The number of carbonyl (C=O) groups is 1. The van der Waals surface area contributed by atoms with Crippen molar-refractivity contribution in [3.63, 3.8) is 0 Å². The number of thiophene rings is 1. The van der Waals surface area contributed by atoms with E-state index in [1.807, 2.05) is 6.92 Å². The third-order valence-corrected chi connectivity index (χ3v) is 7.76. The SMILES string of the molecule is Cc1ccc(S(=O)(=O)CCCC(=O)Nc2sc3c(c2C#N)CCCC3)cc1. The number of carbonyl (C=O) groups excluding carboxylic acids is 1. The number of aryl methyl sites for hydroxylation is 2. The maximum absolute atomic E-state index is 12.3. The van der Waals surface area contributed by atoms with Crippen molar-refractivity contribution in [2.75, 3.05) is 11.1 Å². The molecular formula is C20H22N2O3S2. The molecule has 0 saturated carbocycles. The van der Waals surface area contributed by atoms with Crippen molar-refractivity contribution in [1.29, 1.82) is 5.26 Å². The molecule has 0 spiro atoms. The summed E-state index contributed by atoms with van der Waals surface area (Å²) in [5.41, 5.74) is 2.65. The van der Waals surface area contributed by atoms with E-state index in [4.69, 9.17) is 0 Å². The maximum Gasteiger partial charge on any atom is 0.225 e. The molecule has 1 aliphatic carbocycles. The van der Waals surface area contributed by atoms with E-state index in [-0.39, 0.29) is 29.4 Å². The third kappa shape index (κ3) is 4.57. The Labute approximate surface area is 164 Å². The highest BCUT2D eigenvalue weighted by molar-refractivity contribution is 7.91. The number of nitrogens with zero attached hydrogens (tertiary/aromatic N) is 1. The van der Waals surface area contributed by atoms with E-state index in [1.165, 1.54) is 16.2 Å². The highest BCUT2D eigenvalue weighted by atomic mass is 32.2. The van der Waals surface area contributed by atoms with E-state index < -0.39 is 9.84 Å². The predicted molar refractivity (Wildman–Crippen MR) is 107 cm³/mol. The van der Waals surface area contributed by atoms with E-state index in [0.717, 1.165) is 36.8 Å². The quantitative estimate of drug-likeness (QED) is 0.791. The summed E-state index contributed by atoms with van der Waals surface area (Å²) in [6, 6.07) is 8.94. The first-order chi connectivity index (χ1) is 12.9. The van der Waals surface area contributed by atoms with Gasteiger partial charge in [-0.25, -0.2) is 8.42 Å². The van der Waals surface area contributed by atoms with Crippen LogP contribution in [0.1, 0.15) is 47.3 Å². The van der Waals surface area contributed by atoms with Crippen molar-refractivity contribution in [2.45, 2.75) is 50.3 Å². The normalized spacial score (nSPS) is 13.6. The summed E-state index contributed by atoms with van der Waals surface area (Å²) in [6.07, 6.45) is 4.39. The van der Waals surface area contributed by atoms with Crippen LogP contribution in [0, 0.1) is 18.3 Å². The molecule has 27 heavy (non-hydrogen) atoms. The Bertz CT molecular complexity index is 983. The number of rotatable bonds is 6. The number of sulfone groups is 1. The van der Waals surface area contributed by atoms with Crippen LogP contribution in [0.4, 0.5) is 5.00 Å². The molecule has 0 saturated heterocycles. The Morgan fingerprint density at radius 1 is 1.22 bits per heavy atom. The first-order valence-electron chi connectivity index (χ1n) is 9.04. The van der Waals surface area contributed by atoms with Crippen LogP contribution < -0.4 is 5.32 Å². The number of nitrogens with one attached hydrogen (secondary N) is 1. The van der Waals surface area contributed by atoms with Gasteiger partial charge in [0.25, 0.3) is 0 Å². The van der Waals surface area contributed by atoms with Crippen molar-refractivity contribution < 1.29 is 13.2 Å². The van der Waals surface area contributed by atoms with Gasteiger partial charge in [-0.2, -0.15) is 5.26 Å². The Morgan fingerprint density at radius 2 is 1.93 bits per heavy atom. The number of anilines is 1. The van der Waals surface area contributed by atoms with E-state index in [1.54, 1.807) is 24.3 Å². The minimum atomic E-state index is -3.39. The zero-order valence-electron chi connectivity index (χ0n) is 15.2. The van der Waals surface area contributed by atoms with Crippen LogP contribution in [0.25, 0.3) is 0 Å². The van der Waals surface area contributed by atoms with Crippen molar-refractivity contribution in [3.8, 4) is 6.07 Å². The van der Waals surface area contributed by atoms with Crippen LogP contribution in [0.3, 0.4) is 0 Å². The molecular weight excluding hydrogens is 380 g/mol. The lowest BCUT2D eigenvalue weighted by atomic mass is 9.96. The van der Waals surface area contributed by atoms with Gasteiger partial charge in [0.1, 0.15) is 11.1 Å². The number of nitriles is 1. The molecule has 142 valence electrons. The van der Waals surface area contributed by atoms with E-state index in [9.17, 15) is 18.5 Å². The molecule has 0 bridgehead atoms. The highest BCUT2D eigenvalue weighted by Crippen LogP contribution is 2.37. The van der Waals surface area contributed by atoms with Gasteiger partial charge in [-0.1, -0.05) is 17.7 Å². The summed E-state index contributed by atoms with van der Waals surface area (Å²) in [7, 11) is -3.39. The smallest absolute Gasteiger partial charge is 0.225 e. The van der Waals surface area contributed by atoms with Crippen LogP contribution in [-0.2, 0) is 27.5 Å². The lowest BCUT2D eigenvalue weighted by Crippen LogP contribution is -2.14.